The third-order valence-corrected chi connectivity index (χ3v) is 12.3. The van der Waals surface area contributed by atoms with E-state index in [1.165, 1.54) is 87.2 Å². The van der Waals surface area contributed by atoms with Crippen LogP contribution in [-0.2, 0) is 11.8 Å². The molecule has 0 fully saturated rings. The molecule has 8 aromatic rings. The highest BCUT2D eigenvalue weighted by Gasteiger charge is 2.37. The predicted molar refractivity (Wildman–Crippen MR) is 220 cm³/mol. The van der Waals surface area contributed by atoms with Crippen LogP contribution in [0.4, 0.5) is 17.1 Å². The lowest BCUT2D eigenvalue weighted by atomic mass is 9.82. The average molecular weight is 672 g/mol. The van der Waals surface area contributed by atoms with Gasteiger partial charge >= 0.3 is 0 Å². The zero-order valence-electron chi connectivity index (χ0n) is 28.9. The molecule has 1 nitrogen and oxygen atoms in total. The Morgan fingerprint density at radius 1 is 0.569 bits per heavy atom. The van der Waals surface area contributed by atoms with Crippen molar-refractivity contribution in [2.45, 2.75) is 32.1 Å². The summed E-state index contributed by atoms with van der Waals surface area (Å²) in [7, 11) is 0. The van der Waals surface area contributed by atoms with Gasteiger partial charge in [-0.2, -0.15) is 0 Å². The van der Waals surface area contributed by atoms with Gasteiger partial charge in [-0.1, -0.05) is 135 Å². The smallest absolute Gasteiger partial charge is 0.0536 e. The molecule has 0 spiro atoms. The van der Waals surface area contributed by atoms with Crippen LogP contribution >= 0.6 is 11.3 Å². The first-order valence-corrected chi connectivity index (χ1v) is 18.8. The van der Waals surface area contributed by atoms with Gasteiger partial charge in [0.05, 0.1) is 5.69 Å². The van der Waals surface area contributed by atoms with Crippen LogP contribution in [0.5, 0.6) is 0 Å². The van der Waals surface area contributed by atoms with E-state index >= 15 is 0 Å². The number of hydrogen-bond acceptors (Lipinski definition) is 2. The Bertz CT molecular complexity index is 2600. The van der Waals surface area contributed by atoms with E-state index in [0.717, 1.165) is 18.5 Å². The molecule has 0 saturated carbocycles. The monoisotopic (exact) mass is 671 g/mol. The molecule has 0 radical (unpaired) electrons. The number of hydrogen-bond donors (Lipinski definition) is 0. The summed E-state index contributed by atoms with van der Waals surface area (Å²) < 4.78 is 2.74. The average Bonchev–Trinajstić information content (AvgIpc) is 3.67. The van der Waals surface area contributed by atoms with Crippen LogP contribution in [-0.4, -0.2) is 0 Å². The maximum atomic E-state index is 2.52. The number of thiophene rings is 1. The highest BCUT2D eigenvalue weighted by Crippen LogP contribution is 2.55. The number of aryl methyl sites for hydroxylation is 1. The zero-order chi connectivity index (χ0) is 34.1. The maximum Gasteiger partial charge on any atom is 0.0536 e. The Balaban J connectivity index is 1.25. The van der Waals surface area contributed by atoms with Gasteiger partial charge in [0.2, 0.25) is 0 Å². The number of nitrogens with zero attached hydrogens (tertiary/aromatic N) is 1. The van der Waals surface area contributed by atoms with Crippen molar-refractivity contribution in [3.05, 3.63) is 180 Å². The molecule has 2 aliphatic carbocycles. The van der Waals surface area contributed by atoms with E-state index in [1.807, 2.05) is 11.3 Å². The van der Waals surface area contributed by atoms with Crippen molar-refractivity contribution in [1.29, 1.82) is 0 Å². The Hall–Kier alpha value is -5.70. The molecule has 1 heterocycles. The summed E-state index contributed by atoms with van der Waals surface area (Å²) in [5.41, 5.74) is 16.5. The maximum absolute atomic E-state index is 2.52. The molecule has 0 unspecified atom stereocenters. The molecule has 51 heavy (non-hydrogen) atoms. The molecule has 10 rings (SSSR count). The van der Waals surface area contributed by atoms with Crippen LogP contribution in [0.15, 0.2) is 158 Å². The summed E-state index contributed by atoms with van der Waals surface area (Å²) in [6.07, 6.45) is 6.81. The normalized spacial score (nSPS) is 14.0. The van der Waals surface area contributed by atoms with Gasteiger partial charge in [-0.3, -0.25) is 0 Å². The molecule has 7 aromatic carbocycles. The van der Waals surface area contributed by atoms with E-state index in [0.29, 0.717) is 0 Å². The van der Waals surface area contributed by atoms with E-state index in [4.69, 9.17) is 0 Å². The van der Waals surface area contributed by atoms with Gasteiger partial charge in [0.25, 0.3) is 0 Å². The topological polar surface area (TPSA) is 3.24 Å². The lowest BCUT2D eigenvalue weighted by Crippen LogP contribution is -2.16. The van der Waals surface area contributed by atoms with E-state index in [2.05, 4.69) is 183 Å². The lowest BCUT2D eigenvalue weighted by molar-refractivity contribution is 0.661. The summed E-state index contributed by atoms with van der Waals surface area (Å²) in [5.74, 6) is 0. The number of allylic oxidation sites excluding steroid dienone is 1. The Labute approximate surface area is 303 Å². The standard InChI is InChI=1S/C49H37NS/c1-49(2)43-26-24-37(31-42(43)47-44(49)27-25-41-40-21-11-12-23-46(40)51-48(41)47)50(45-22-13-19-34-18-9-10-20-39(34)45)38-29-35(32-14-5-3-6-15-32)28-36(30-38)33-16-7-4-8-17-33/h3-8,10-17,19-31H,9,18H2,1-2H3. The van der Waals surface area contributed by atoms with Crippen molar-refractivity contribution in [1.82, 2.24) is 0 Å². The number of benzene rings is 7. The Morgan fingerprint density at radius 2 is 1.27 bits per heavy atom. The second kappa shape index (κ2) is 11.7. The van der Waals surface area contributed by atoms with Gasteiger partial charge in [-0.25, -0.2) is 0 Å². The predicted octanol–water partition coefficient (Wildman–Crippen LogP) is 14.1. The van der Waals surface area contributed by atoms with Crippen LogP contribution in [0.3, 0.4) is 0 Å². The molecule has 0 atom stereocenters. The van der Waals surface area contributed by atoms with Gasteiger partial charge in [0, 0.05) is 48.1 Å². The van der Waals surface area contributed by atoms with Crippen molar-refractivity contribution < 1.29 is 0 Å². The highest BCUT2D eigenvalue weighted by molar-refractivity contribution is 7.26. The minimum Gasteiger partial charge on any atom is -0.310 e. The molecule has 0 amide bonds. The number of fused-ring (bicyclic) bond motifs is 8. The fraction of sp³-hybridized carbons (Fsp3) is 0.102. The Kier molecular flexibility index (Phi) is 6.91. The van der Waals surface area contributed by atoms with Crippen LogP contribution in [0, 0.1) is 0 Å². The van der Waals surface area contributed by atoms with Crippen molar-refractivity contribution in [3.63, 3.8) is 0 Å². The summed E-state index contributed by atoms with van der Waals surface area (Å²) in [6.45, 7) is 4.78. The van der Waals surface area contributed by atoms with Gasteiger partial charge < -0.3 is 4.90 Å². The quantitative estimate of drug-likeness (QED) is 0.176. The molecule has 244 valence electrons. The first-order chi connectivity index (χ1) is 25.0. The molecule has 0 saturated heterocycles. The van der Waals surface area contributed by atoms with E-state index in [1.54, 1.807) is 0 Å². The minimum atomic E-state index is -0.0965. The summed E-state index contributed by atoms with van der Waals surface area (Å²) in [5, 5.41) is 2.70. The van der Waals surface area contributed by atoms with Gasteiger partial charge in [-0.05, 0) is 99.8 Å². The number of rotatable bonds is 5. The largest absolute Gasteiger partial charge is 0.310 e. The van der Waals surface area contributed by atoms with Crippen molar-refractivity contribution >= 4 is 54.6 Å². The highest BCUT2D eigenvalue weighted by atomic mass is 32.1. The fourth-order valence-electron chi connectivity index (χ4n) is 8.55. The Morgan fingerprint density at radius 3 is 2.04 bits per heavy atom. The molecule has 2 aliphatic rings. The van der Waals surface area contributed by atoms with Gasteiger partial charge in [-0.15, -0.1) is 11.3 Å². The van der Waals surface area contributed by atoms with Crippen molar-refractivity contribution in [2.75, 3.05) is 4.90 Å². The van der Waals surface area contributed by atoms with Crippen molar-refractivity contribution in [3.8, 4) is 33.4 Å². The molecular weight excluding hydrogens is 635 g/mol. The SMILES string of the molecule is CC1(C)c2ccc(N(c3cc(-c4ccccc4)cc(-c4ccccc4)c3)c3cccc4c3C=CCC4)cc2-c2c1ccc1c2sc2ccccc21. The van der Waals surface area contributed by atoms with Gasteiger partial charge in [0.15, 0.2) is 0 Å². The zero-order valence-corrected chi connectivity index (χ0v) is 29.7. The van der Waals surface area contributed by atoms with Crippen molar-refractivity contribution in [2.24, 2.45) is 0 Å². The van der Waals surface area contributed by atoms with Crippen LogP contribution in [0.2, 0.25) is 0 Å². The van der Waals surface area contributed by atoms with E-state index in [-0.39, 0.29) is 5.41 Å². The van der Waals surface area contributed by atoms with E-state index < -0.39 is 0 Å². The molecule has 0 aliphatic heterocycles. The second-order valence-corrected chi connectivity index (χ2v) is 15.5. The van der Waals surface area contributed by atoms with Crippen LogP contribution in [0.1, 0.15) is 42.5 Å². The lowest BCUT2D eigenvalue weighted by Gasteiger charge is -2.30. The molecule has 0 N–H and O–H groups in total. The summed E-state index contributed by atoms with van der Waals surface area (Å²) >= 11 is 1.93. The van der Waals surface area contributed by atoms with E-state index in [9.17, 15) is 0 Å². The first kappa shape index (κ1) is 30.2. The van der Waals surface area contributed by atoms with Gasteiger partial charge in [0.1, 0.15) is 0 Å². The number of anilines is 3. The molecule has 1 aromatic heterocycles. The fourth-order valence-corrected chi connectivity index (χ4v) is 9.82. The second-order valence-electron chi connectivity index (χ2n) is 14.4. The van der Waals surface area contributed by atoms with Crippen LogP contribution in [0.25, 0.3) is 59.6 Å². The summed E-state index contributed by atoms with van der Waals surface area (Å²) in [4.78, 5) is 2.52. The molecule has 0 bridgehead atoms. The minimum absolute atomic E-state index is 0.0965. The first-order valence-electron chi connectivity index (χ1n) is 18.0. The third kappa shape index (κ3) is 4.82. The third-order valence-electron chi connectivity index (χ3n) is 11.1. The summed E-state index contributed by atoms with van der Waals surface area (Å²) in [6, 6.07) is 56.4. The molecule has 2 heteroatoms. The van der Waals surface area contributed by atoms with Crippen LogP contribution < -0.4 is 4.90 Å². The molecular formula is C49H37NS.